The number of nitrogens with one attached hydrogen (secondary N) is 1. The predicted molar refractivity (Wildman–Crippen MR) is 74.5 cm³/mol. The number of hydrogen-bond donors (Lipinski definition) is 1. The lowest BCUT2D eigenvalue weighted by Gasteiger charge is -2.40. The minimum Gasteiger partial charge on any atom is -0.342 e. The first-order valence-electron chi connectivity index (χ1n) is 7.69. The highest BCUT2D eigenvalue weighted by Crippen LogP contribution is 2.35. The van der Waals surface area contributed by atoms with Crippen LogP contribution >= 0.6 is 0 Å². The number of amides is 2. The largest absolute Gasteiger partial charge is 0.342 e. The van der Waals surface area contributed by atoms with Gasteiger partial charge >= 0.3 is 0 Å². The molecule has 0 aromatic rings. The van der Waals surface area contributed by atoms with Crippen LogP contribution in [0.3, 0.4) is 0 Å². The van der Waals surface area contributed by atoms with Crippen LogP contribution in [0.5, 0.6) is 0 Å². The van der Waals surface area contributed by atoms with Gasteiger partial charge in [0.2, 0.25) is 11.8 Å². The zero-order valence-corrected chi connectivity index (χ0v) is 12.3. The van der Waals surface area contributed by atoms with E-state index in [1.165, 1.54) is 0 Å². The second kappa shape index (κ2) is 5.93. The van der Waals surface area contributed by atoms with Gasteiger partial charge in [-0.25, -0.2) is 0 Å². The van der Waals surface area contributed by atoms with Crippen LogP contribution in [0.2, 0.25) is 0 Å². The molecule has 1 aliphatic heterocycles. The van der Waals surface area contributed by atoms with Gasteiger partial charge in [0.1, 0.15) is 12.1 Å². The Morgan fingerprint density at radius 3 is 2.53 bits per heavy atom. The molecule has 0 bridgehead atoms. The van der Waals surface area contributed by atoms with Crippen molar-refractivity contribution >= 4 is 11.8 Å². The topological polar surface area (TPSA) is 49.4 Å². The molecule has 0 radical (unpaired) electrons. The SMILES string of the molecule is CCCC(C)CN1C(=O)C(C2CC2)NC(=O)C1CC. The van der Waals surface area contributed by atoms with Crippen molar-refractivity contribution in [3.8, 4) is 0 Å². The molecule has 1 N–H and O–H groups in total. The average Bonchev–Trinajstić information content (AvgIpc) is 3.18. The van der Waals surface area contributed by atoms with E-state index in [4.69, 9.17) is 0 Å². The Kier molecular flexibility index (Phi) is 4.48. The van der Waals surface area contributed by atoms with Gasteiger partial charge in [0.05, 0.1) is 0 Å². The molecule has 0 aromatic heterocycles. The smallest absolute Gasteiger partial charge is 0.246 e. The van der Waals surface area contributed by atoms with Crippen molar-refractivity contribution in [2.24, 2.45) is 11.8 Å². The summed E-state index contributed by atoms with van der Waals surface area (Å²) in [6.45, 7) is 7.03. The Hall–Kier alpha value is -1.06. The zero-order valence-electron chi connectivity index (χ0n) is 12.3. The van der Waals surface area contributed by atoms with E-state index < -0.39 is 0 Å². The van der Waals surface area contributed by atoms with Gasteiger partial charge in [-0.15, -0.1) is 0 Å². The monoisotopic (exact) mass is 266 g/mol. The predicted octanol–water partition coefficient (Wildman–Crippen LogP) is 1.94. The van der Waals surface area contributed by atoms with Gasteiger partial charge in [-0.2, -0.15) is 0 Å². The molecule has 0 spiro atoms. The summed E-state index contributed by atoms with van der Waals surface area (Å²) in [4.78, 5) is 26.6. The molecule has 2 rings (SSSR count). The minimum atomic E-state index is -0.262. The third-order valence-electron chi connectivity index (χ3n) is 4.30. The molecular weight excluding hydrogens is 240 g/mol. The van der Waals surface area contributed by atoms with Crippen molar-refractivity contribution in [1.29, 1.82) is 0 Å². The Morgan fingerprint density at radius 2 is 2.00 bits per heavy atom. The maximum absolute atomic E-state index is 12.6. The highest BCUT2D eigenvalue weighted by molar-refractivity contribution is 5.97. The highest BCUT2D eigenvalue weighted by atomic mass is 16.2. The quantitative estimate of drug-likeness (QED) is 0.798. The normalized spacial score (nSPS) is 29.3. The lowest BCUT2D eigenvalue weighted by atomic mass is 9.98. The molecule has 1 saturated carbocycles. The minimum absolute atomic E-state index is 0.0442. The van der Waals surface area contributed by atoms with E-state index in [2.05, 4.69) is 19.2 Å². The summed E-state index contributed by atoms with van der Waals surface area (Å²) in [5.74, 6) is 1.05. The van der Waals surface area contributed by atoms with E-state index in [1.54, 1.807) is 0 Å². The summed E-state index contributed by atoms with van der Waals surface area (Å²) in [5.41, 5.74) is 0. The van der Waals surface area contributed by atoms with Gasteiger partial charge in [-0.3, -0.25) is 9.59 Å². The molecule has 4 heteroatoms. The first-order chi connectivity index (χ1) is 9.08. The Balaban J connectivity index is 2.09. The molecule has 1 aliphatic carbocycles. The molecule has 108 valence electrons. The van der Waals surface area contributed by atoms with Gasteiger partial charge in [0.15, 0.2) is 0 Å². The van der Waals surface area contributed by atoms with Crippen LogP contribution in [0.25, 0.3) is 0 Å². The molecule has 1 saturated heterocycles. The van der Waals surface area contributed by atoms with E-state index in [0.717, 1.165) is 32.2 Å². The molecular formula is C15H26N2O2. The van der Waals surface area contributed by atoms with E-state index in [1.807, 2.05) is 11.8 Å². The zero-order chi connectivity index (χ0) is 14.0. The second-order valence-electron chi connectivity index (χ2n) is 6.13. The molecule has 3 unspecified atom stereocenters. The molecule has 2 fully saturated rings. The van der Waals surface area contributed by atoms with Crippen LogP contribution in [0.4, 0.5) is 0 Å². The standard InChI is InChI=1S/C15H26N2O2/c1-4-6-10(3)9-17-12(5-2)14(18)16-13(15(17)19)11-7-8-11/h10-13H,4-9H2,1-3H3,(H,16,18). The summed E-state index contributed by atoms with van der Waals surface area (Å²) < 4.78 is 0. The molecule has 2 amide bonds. The van der Waals surface area contributed by atoms with Gasteiger partial charge in [-0.05, 0) is 37.5 Å². The number of nitrogens with zero attached hydrogens (tertiary/aromatic N) is 1. The first kappa shape index (κ1) is 14.4. The summed E-state index contributed by atoms with van der Waals surface area (Å²) in [5, 5.41) is 2.93. The third-order valence-corrected chi connectivity index (χ3v) is 4.30. The van der Waals surface area contributed by atoms with E-state index in [9.17, 15) is 9.59 Å². The molecule has 4 nitrogen and oxygen atoms in total. The Bertz CT molecular complexity index is 352. The lowest BCUT2D eigenvalue weighted by Crippen LogP contribution is -2.64. The van der Waals surface area contributed by atoms with Crippen LogP contribution in [-0.2, 0) is 9.59 Å². The summed E-state index contributed by atoms with van der Waals surface area (Å²) in [6, 6.07) is -0.508. The van der Waals surface area contributed by atoms with E-state index in [-0.39, 0.29) is 23.9 Å². The van der Waals surface area contributed by atoms with Crippen molar-refractivity contribution in [2.75, 3.05) is 6.54 Å². The number of rotatable bonds is 6. The average molecular weight is 266 g/mol. The molecule has 19 heavy (non-hydrogen) atoms. The molecule has 3 atom stereocenters. The van der Waals surface area contributed by atoms with E-state index in [0.29, 0.717) is 18.3 Å². The van der Waals surface area contributed by atoms with Gasteiger partial charge in [0, 0.05) is 6.54 Å². The number of hydrogen-bond acceptors (Lipinski definition) is 2. The Morgan fingerprint density at radius 1 is 1.32 bits per heavy atom. The molecule has 0 aromatic carbocycles. The third kappa shape index (κ3) is 3.10. The maximum atomic E-state index is 12.6. The number of carbonyl (C=O) groups is 2. The van der Waals surface area contributed by atoms with Crippen molar-refractivity contribution in [1.82, 2.24) is 10.2 Å². The summed E-state index contributed by atoms with van der Waals surface area (Å²) in [6.07, 6.45) is 5.08. The van der Waals surface area contributed by atoms with Crippen LogP contribution in [-0.4, -0.2) is 35.3 Å². The van der Waals surface area contributed by atoms with Gasteiger partial charge in [0.25, 0.3) is 0 Å². The van der Waals surface area contributed by atoms with Crippen LogP contribution in [0, 0.1) is 11.8 Å². The van der Waals surface area contributed by atoms with Crippen LogP contribution in [0.15, 0.2) is 0 Å². The van der Waals surface area contributed by atoms with Crippen LogP contribution in [0.1, 0.15) is 52.9 Å². The number of carbonyl (C=O) groups excluding carboxylic acids is 2. The van der Waals surface area contributed by atoms with Gasteiger partial charge < -0.3 is 10.2 Å². The fraction of sp³-hybridized carbons (Fsp3) is 0.867. The highest BCUT2D eigenvalue weighted by Gasteiger charge is 2.46. The summed E-state index contributed by atoms with van der Waals surface area (Å²) >= 11 is 0. The summed E-state index contributed by atoms with van der Waals surface area (Å²) in [7, 11) is 0. The number of piperazine rings is 1. The van der Waals surface area contributed by atoms with Crippen molar-refractivity contribution in [3.63, 3.8) is 0 Å². The lowest BCUT2D eigenvalue weighted by molar-refractivity contribution is -0.150. The first-order valence-corrected chi connectivity index (χ1v) is 7.69. The fourth-order valence-electron chi connectivity index (χ4n) is 3.08. The maximum Gasteiger partial charge on any atom is 0.246 e. The van der Waals surface area contributed by atoms with Crippen molar-refractivity contribution in [2.45, 2.75) is 65.0 Å². The van der Waals surface area contributed by atoms with Crippen molar-refractivity contribution < 1.29 is 9.59 Å². The van der Waals surface area contributed by atoms with Crippen molar-refractivity contribution in [3.05, 3.63) is 0 Å². The second-order valence-corrected chi connectivity index (χ2v) is 6.13. The molecule has 1 heterocycles. The molecule has 2 aliphatic rings. The van der Waals surface area contributed by atoms with Crippen LogP contribution < -0.4 is 5.32 Å². The Labute approximate surface area is 115 Å². The van der Waals surface area contributed by atoms with Gasteiger partial charge in [-0.1, -0.05) is 27.2 Å². The van der Waals surface area contributed by atoms with E-state index >= 15 is 0 Å². The fourth-order valence-corrected chi connectivity index (χ4v) is 3.08.